The van der Waals surface area contributed by atoms with Crippen LogP contribution in [-0.4, -0.2) is 24.2 Å². The number of nitrogens with one attached hydrogen (secondary N) is 1. The highest BCUT2D eigenvalue weighted by Crippen LogP contribution is 2.45. The Kier molecular flexibility index (Phi) is 3.77. The third-order valence-corrected chi connectivity index (χ3v) is 3.30. The van der Waals surface area contributed by atoms with Crippen molar-refractivity contribution in [1.29, 1.82) is 0 Å². The van der Waals surface area contributed by atoms with Crippen LogP contribution in [0, 0.1) is 10.8 Å². The highest BCUT2D eigenvalue weighted by Gasteiger charge is 2.49. The second-order valence-electron chi connectivity index (χ2n) is 5.60. The number of carbonyl (C=O) groups is 1. The first kappa shape index (κ1) is 12.5. The Labute approximate surface area is 92.3 Å². The first-order chi connectivity index (χ1) is 6.92. The van der Waals surface area contributed by atoms with Gasteiger partial charge in [0, 0.05) is 13.1 Å². The lowest BCUT2D eigenvalue weighted by Gasteiger charge is -2.25. The number of rotatable bonds is 7. The van der Waals surface area contributed by atoms with Crippen LogP contribution in [-0.2, 0) is 4.79 Å². The Hall–Kier alpha value is -0.570. The lowest BCUT2D eigenvalue weighted by atomic mass is 9.88. The fourth-order valence-electron chi connectivity index (χ4n) is 2.02. The first-order valence-electron chi connectivity index (χ1n) is 5.86. The van der Waals surface area contributed by atoms with Gasteiger partial charge < -0.3 is 10.4 Å². The molecule has 0 aromatic rings. The maximum absolute atomic E-state index is 10.9. The van der Waals surface area contributed by atoms with E-state index in [9.17, 15) is 4.79 Å². The summed E-state index contributed by atoms with van der Waals surface area (Å²) >= 11 is 0. The van der Waals surface area contributed by atoms with Gasteiger partial charge in [-0.2, -0.15) is 0 Å². The second-order valence-corrected chi connectivity index (χ2v) is 5.60. The molecule has 1 aliphatic carbocycles. The normalized spacial score (nSPS) is 18.9. The Morgan fingerprint density at radius 1 is 1.47 bits per heavy atom. The first-order valence-corrected chi connectivity index (χ1v) is 5.86. The van der Waals surface area contributed by atoms with Crippen LogP contribution in [0.1, 0.15) is 46.5 Å². The molecule has 0 radical (unpaired) electrons. The standard InChI is InChI=1S/C12H23NO2/c1-4-5-11(2,3)8-13-9-12(6-7-12)10(14)15/h13H,4-9H2,1-3H3,(H,14,15). The third-order valence-electron chi connectivity index (χ3n) is 3.30. The largest absolute Gasteiger partial charge is 0.481 e. The smallest absolute Gasteiger partial charge is 0.310 e. The van der Waals surface area contributed by atoms with Crippen molar-refractivity contribution in [3.05, 3.63) is 0 Å². The van der Waals surface area contributed by atoms with E-state index in [1.165, 1.54) is 12.8 Å². The molecule has 0 amide bonds. The summed E-state index contributed by atoms with van der Waals surface area (Å²) in [5.74, 6) is -0.636. The number of hydrogen-bond donors (Lipinski definition) is 2. The van der Waals surface area contributed by atoms with Crippen LogP contribution in [0.5, 0.6) is 0 Å². The van der Waals surface area contributed by atoms with Crippen molar-refractivity contribution in [3.8, 4) is 0 Å². The molecule has 0 saturated heterocycles. The van der Waals surface area contributed by atoms with Crippen molar-refractivity contribution < 1.29 is 9.90 Å². The van der Waals surface area contributed by atoms with E-state index in [0.717, 1.165) is 19.4 Å². The molecule has 0 atom stereocenters. The van der Waals surface area contributed by atoms with Crippen molar-refractivity contribution in [3.63, 3.8) is 0 Å². The lowest BCUT2D eigenvalue weighted by molar-refractivity contribution is -0.143. The summed E-state index contributed by atoms with van der Waals surface area (Å²) in [5, 5.41) is 12.3. The van der Waals surface area contributed by atoms with Gasteiger partial charge in [-0.15, -0.1) is 0 Å². The summed E-state index contributed by atoms with van der Waals surface area (Å²) in [6.45, 7) is 8.18. The Balaban J connectivity index is 2.24. The van der Waals surface area contributed by atoms with E-state index in [2.05, 4.69) is 26.1 Å². The summed E-state index contributed by atoms with van der Waals surface area (Å²) < 4.78 is 0. The number of hydrogen-bond acceptors (Lipinski definition) is 2. The third kappa shape index (κ3) is 3.49. The summed E-state index contributed by atoms with van der Waals surface area (Å²) in [6, 6.07) is 0. The molecule has 3 nitrogen and oxygen atoms in total. The average molecular weight is 213 g/mol. The second kappa shape index (κ2) is 4.52. The number of aliphatic carboxylic acids is 1. The molecule has 2 N–H and O–H groups in total. The summed E-state index contributed by atoms with van der Waals surface area (Å²) in [5.41, 5.74) is -0.147. The van der Waals surface area contributed by atoms with Gasteiger partial charge in [0.2, 0.25) is 0 Å². The van der Waals surface area contributed by atoms with Crippen molar-refractivity contribution in [2.75, 3.05) is 13.1 Å². The molecule has 0 aromatic heterocycles. The van der Waals surface area contributed by atoms with Crippen LogP contribution in [0.3, 0.4) is 0 Å². The van der Waals surface area contributed by atoms with Crippen molar-refractivity contribution in [2.24, 2.45) is 10.8 Å². The van der Waals surface area contributed by atoms with Gasteiger partial charge in [0.05, 0.1) is 5.41 Å². The molecule has 1 aliphatic rings. The molecule has 0 heterocycles. The van der Waals surface area contributed by atoms with E-state index < -0.39 is 11.4 Å². The Morgan fingerprint density at radius 3 is 2.47 bits per heavy atom. The van der Waals surface area contributed by atoms with E-state index in [4.69, 9.17) is 5.11 Å². The molecule has 15 heavy (non-hydrogen) atoms. The topological polar surface area (TPSA) is 49.3 Å². The van der Waals surface area contributed by atoms with Gasteiger partial charge in [0.1, 0.15) is 0 Å². The summed E-state index contributed by atoms with van der Waals surface area (Å²) in [4.78, 5) is 10.9. The van der Waals surface area contributed by atoms with Crippen LogP contribution in [0.25, 0.3) is 0 Å². The van der Waals surface area contributed by atoms with Gasteiger partial charge in [-0.3, -0.25) is 4.79 Å². The lowest BCUT2D eigenvalue weighted by Crippen LogP contribution is -2.36. The zero-order chi connectivity index (χ0) is 11.5. The van der Waals surface area contributed by atoms with Gasteiger partial charge in [0.15, 0.2) is 0 Å². The molecule has 88 valence electrons. The molecule has 0 unspecified atom stereocenters. The number of carboxylic acid groups (broad SMARTS) is 1. The monoisotopic (exact) mass is 213 g/mol. The van der Waals surface area contributed by atoms with Crippen molar-refractivity contribution in [1.82, 2.24) is 5.32 Å². The predicted octanol–water partition coefficient (Wildman–Crippen LogP) is 2.27. The van der Waals surface area contributed by atoms with E-state index in [0.29, 0.717) is 6.54 Å². The highest BCUT2D eigenvalue weighted by atomic mass is 16.4. The highest BCUT2D eigenvalue weighted by molar-refractivity contribution is 5.78. The number of carboxylic acids is 1. The molecule has 0 aliphatic heterocycles. The SMILES string of the molecule is CCCC(C)(C)CNCC1(C(=O)O)CC1. The van der Waals surface area contributed by atoms with Crippen molar-refractivity contribution >= 4 is 5.97 Å². The molecule has 1 fully saturated rings. The van der Waals surface area contributed by atoms with E-state index >= 15 is 0 Å². The zero-order valence-corrected chi connectivity index (χ0v) is 10.1. The van der Waals surface area contributed by atoms with Gasteiger partial charge in [0.25, 0.3) is 0 Å². The van der Waals surface area contributed by atoms with Gasteiger partial charge in [-0.05, 0) is 24.7 Å². The van der Waals surface area contributed by atoms with Crippen LogP contribution in [0.15, 0.2) is 0 Å². The molecule has 0 bridgehead atoms. The molecule has 1 saturated carbocycles. The van der Waals surface area contributed by atoms with Gasteiger partial charge >= 0.3 is 5.97 Å². The van der Waals surface area contributed by atoms with Crippen LogP contribution in [0.4, 0.5) is 0 Å². The Morgan fingerprint density at radius 2 is 2.07 bits per heavy atom. The minimum Gasteiger partial charge on any atom is -0.481 e. The van der Waals surface area contributed by atoms with E-state index in [1.807, 2.05) is 0 Å². The molecular formula is C12H23NO2. The Bertz CT molecular complexity index is 232. The quantitative estimate of drug-likeness (QED) is 0.682. The van der Waals surface area contributed by atoms with Gasteiger partial charge in [-0.1, -0.05) is 27.2 Å². The molecular weight excluding hydrogens is 190 g/mol. The fourth-order valence-corrected chi connectivity index (χ4v) is 2.02. The van der Waals surface area contributed by atoms with E-state index in [1.54, 1.807) is 0 Å². The van der Waals surface area contributed by atoms with Crippen LogP contribution in [0.2, 0.25) is 0 Å². The summed E-state index contributed by atoms with van der Waals surface area (Å²) in [7, 11) is 0. The fraction of sp³-hybridized carbons (Fsp3) is 0.917. The van der Waals surface area contributed by atoms with Gasteiger partial charge in [-0.25, -0.2) is 0 Å². The molecule has 1 rings (SSSR count). The van der Waals surface area contributed by atoms with E-state index in [-0.39, 0.29) is 5.41 Å². The van der Waals surface area contributed by atoms with Crippen molar-refractivity contribution in [2.45, 2.75) is 46.5 Å². The maximum Gasteiger partial charge on any atom is 0.310 e. The maximum atomic E-state index is 10.9. The molecule has 0 spiro atoms. The zero-order valence-electron chi connectivity index (χ0n) is 10.1. The minimum absolute atomic E-state index is 0.281. The summed E-state index contributed by atoms with van der Waals surface area (Å²) in [6.07, 6.45) is 4.03. The minimum atomic E-state index is -0.636. The van der Waals surface area contributed by atoms with Crippen LogP contribution >= 0.6 is 0 Å². The average Bonchev–Trinajstić information content (AvgIpc) is 2.84. The molecule has 3 heteroatoms. The van der Waals surface area contributed by atoms with Crippen LogP contribution < -0.4 is 5.32 Å². The molecule has 0 aromatic carbocycles. The predicted molar refractivity (Wildman–Crippen MR) is 60.9 cm³/mol.